The molecule has 0 heterocycles. The maximum atomic E-state index is 14.6. The predicted octanol–water partition coefficient (Wildman–Crippen LogP) is 6.61. The minimum absolute atomic E-state index is 0.104. The van der Waals surface area contributed by atoms with Crippen LogP contribution in [0, 0.1) is 16.7 Å². The number of nitrogens with zero attached hydrogens (tertiary/aromatic N) is 1. The molecule has 1 N–H and O–H groups in total. The van der Waals surface area contributed by atoms with Gasteiger partial charge in [-0.3, -0.25) is 9.59 Å². The van der Waals surface area contributed by atoms with Gasteiger partial charge in [0, 0.05) is 19.0 Å². The van der Waals surface area contributed by atoms with Gasteiger partial charge in [-0.1, -0.05) is 135 Å². The van der Waals surface area contributed by atoms with Crippen LogP contribution in [0.3, 0.4) is 0 Å². The Kier molecular flexibility index (Phi) is 10.3. The predicted molar refractivity (Wildman–Crippen MR) is 187 cm³/mol. The second-order valence-corrected chi connectivity index (χ2v) is 17.1. The molecule has 0 saturated heterocycles. The van der Waals surface area contributed by atoms with E-state index in [-0.39, 0.29) is 11.8 Å². The normalized spacial score (nSPS) is 19.2. The summed E-state index contributed by atoms with van der Waals surface area (Å²) in [6.45, 7) is 7.06. The van der Waals surface area contributed by atoms with Crippen molar-refractivity contribution < 1.29 is 14.7 Å². The Hall–Kier alpha value is -3.32. The SMILES string of the molecule is CC1(C(=O)O)CCC(C(=O)N(CCP(c2ccccc2)c2ccccc2)CCP(c2ccccc2)c2ccccc2)C1(C)C. The second-order valence-electron chi connectivity index (χ2n) is 12.4. The first kappa shape index (κ1) is 32.1. The fourth-order valence-corrected chi connectivity index (χ4v) is 11.2. The van der Waals surface area contributed by atoms with Crippen molar-refractivity contribution in [2.45, 2.75) is 33.6 Å². The summed E-state index contributed by atoms with van der Waals surface area (Å²) in [6, 6.07) is 42.6. The average Bonchev–Trinajstić information content (AvgIpc) is 3.30. The molecule has 1 aliphatic carbocycles. The summed E-state index contributed by atoms with van der Waals surface area (Å²) in [4.78, 5) is 29.1. The molecule has 228 valence electrons. The molecule has 1 saturated carbocycles. The van der Waals surface area contributed by atoms with E-state index in [2.05, 4.69) is 126 Å². The molecule has 2 unspecified atom stereocenters. The van der Waals surface area contributed by atoms with Crippen molar-refractivity contribution in [1.82, 2.24) is 4.90 Å². The van der Waals surface area contributed by atoms with Gasteiger partial charge in [-0.15, -0.1) is 0 Å². The molecule has 44 heavy (non-hydrogen) atoms. The lowest BCUT2D eigenvalue weighted by Gasteiger charge is -2.40. The average molecular weight is 624 g/mol. The highest BCUT2D eigenvalue weighted by Crippen LogP contribution is 2.56. The van der Waals surface area contributed by atoms with E-state index in [1.54, 1.807) is 0 Å². The Bertz CT molecular complexity index is 1350. The number of amides is 1. The summed E-state index contributed by atoms with van der Waals surface area (Å²) in [5.41, 5.74) is -1.58. The molecule has 4 aromatic rings. The van der Waals surface area contributed by atoms with E-state index in [4.69, 9.17) is 0 Å². The van der Waals surface area contributed by atoms with Crippen LogP contribution < -0.4 is 21.2 Å². The van der Waals surface area contributed by atoms with Gasteiger partial charge < -0.3 is 10.0 Å². The number of benzene rings is 4. The third-order valence-corrected chi connectivity index (χ3v) is 14.7. The Morgan fingerprint density at radius 1 is 0.659 bits per heavy atom. The number of aliphatic carboxylic acids is 1. The monoisotopic (exact) mass is 623 g/mol. The fraction of sp³-hybridized carbons (Fsp3) is 0.316. The van der Waals surface area contributed by atoms with Crippen LogP contribution in [0.4, 0.5) is 0 Å². The summed E-state index contributed by atoms with van der Waals surface area (Å²) < 4.78 is 0. The van der Waals surface area contributed by atoms with E-state index in [1.807, 2.05) is 20.8 Å². The van der Waals surface area contributed by atoms with E-state index in [9.17, 15) is 14.7 Å². The highest BCUT2D eigenvalue weighted by Gasteiger charge is 2.58. The van der Waals surface area contributed by atoms with Gasteiger partial charge in [-0.05, 0) is 74.6 Å². The Balaban J connectivity index is 1.46. The lowest BCUT2D eigenvalue weighted by Crippen LogP contribution is -2.48. The molecular weight excluding hydrogens is 580 g/mol. The molecule has 0 bridgehead atoms. The zero-order valence-corrected chi connectivity index (χ0v) is 27.8. The smallest absolute Gasteiger partial charge is 0.309 e. The van der Waals surface area contributed by atoms with Crippen LogP contribution in [-0.2, 0) is 9.59 Å². The van der Waals surface area contributed by atoms with Crippen molar-refractivity contribution in [2.24, 2.45) is 16.7 Å². The van der Waals surface area contributed by atoms with Gasteiger partial charge in [-0.25, -0.2) is 0 Å². The first-order valence-corrected chi connectivity index (χ1v) is 18.6. The maximum Gasteiger partial charge on any atom is 0.309 e. The van der Waals surface area contributed by atoms with E-state index < -0.39 is 32.6 Å². The zero-order valence-electron chi connectivity index (χ0n) is 26.0. The zero-order chi connectivity index (χ0) is 31.2. The number of carboxylic acid groups (broad SMARTS) is 1. The maximum absolute atomic E-state index is 14.6. The lowest BCUT2D eigenvalue weighted by atomic mass is 9.65. The second kappa shape index (κ2) is 14.2. The number of carbonyl (C=O) groups excluding carboxylic acids is 1. The highest BCUT2D eigenvalue weighted by atomic mass is 31.1. The summed E-state index contributed by atoms with van der Waals surface area (Å²) in [5, 5.41) is 15.4. The lowest BCUT2D eigenvalue weighted by molar-refractivity contribution is -0.156. The molecule has 0 aromatic heterocycles. The molecule has 0 spiro atoms. The largest absolute Gasteiger partial charge is 0.481 e. The van der Waals surface area contributed by atoms with Gasteiger partial charge in [0.2, 0.25) is 5.91 Å². The van der Waals surface area contributed by atoms with Crippen LogP contribution in [0.15, 0.2) is 121 Å². The fourth-order valence-electron chi connectivity index (χ4n) is 6.56. The Morgan fingerprint density at radius 2 is 1.00 bits per heavy atom. The van der Waals surface area contributed by atoms with E-state index in [0.717, 1.165) is 12.3 Å². The molecular formula is C38H43NO3P2. The topological polar surface area (TPSA) is 57.6 Å². The van der Waals surface area contributed by atoms with E-state index in [1.165, 1.54) is 21.2 Å². The van der Waals surface area contributed by atoms with E-state index >= 15 is 0 Å². The molecule has 4 aromatic carbocycles. The van der Waals surface area contributed by atoms with Gasteiger partial charge in [0.1, 0.15) is 0 Å². The minimum atomic E-state index is -0.930. The van der Waals surface area contributed by atoms with Crippen molar-refractivity contribution >= 4 is 48.9 Å². The van der Waals surface area contributed by atoms with Crippen LogP contribution in [0.5, 0.6) is 0 Å². The van der Waals surface area contributed by atoms with Crippen molar-refractivity contribution in [3.05, 3.63) is 121 Å². The molecule has 1 amide bonds. The molecule has 5 rings (SSSR count). The standard InChI is InChI=1S/C38H43NO3P2/c1-37(2)34(24-25-38(37,3)36(41)42)35(40)39(26-28-43(30-16-8-4-9-17-30)31-18-10-5-11-19-31)27-29-44(32-20-12-6-13-21-32)33-22-14-7-15-23-33/h4-23,34H,24-29H2,1-3H3,(H,41,42). The summed E-state index contributed by atoms with van der Waals surface area (Å²) in [5.74, 6) is -1.03. The van der Waals surface area contributed by atoms with Gasteiger partial charge in [-0.2, -0.15) is 0 Å². The quantitative estimate of drug-likeness (QED) is 0.181. The Labute approximate surface area is 265 Å². The van der Waals surface area contributed by atoms with Crippen LogP contribution in [0.25, 0.3) is 0 Å². The third kappa shape index (κ3) is 6.83. The van der Waals surface area contributed by atoms with Gasteiger partial charge in [0.05, 0.1) is 5.41 Å². The van der Waals surface area contributed by atoms with Crippen molar-refractivity contribution in [2.75, 3.05) is 25.4 Å². The molecule has 0 radical (unpaired) electrons. The van der Waals surface area contributed by atoms with E-state index in [0.29, 0.717) is 25.9 Å². The summed E-state index contributed by atoms with van der Waals surface area (Å²) in [7, 11) is -1.34. The van der Waals surface area contributed by atoms with Crippen LogP contribution >= 0.6 is 15.8 Å². The van der Waals surface area contributed by atoms with Gasteiger partial charge in [0.25, 0.3) is 0 Å². The summed E-state index contributed by atoms with van der Waals surface area (Å²) >= 11 is 0. The van der Waals surface area contributed by atoms with Gasteiger partial charge in [0.15, 0.2) is 0 Å². The Morgan fingerprint density at radius 3 is 1.30 bits per heavy atom. The van der Waals surface area contributed by atoms with Crippen LogP contribution in [0.1, 0.15) is 33.6 Å². The van der Waals surface area contributed by atoms with Crippen molar-refractivity contribution in [3.8, 4) is 0 Å². The molecule has 4 nitrogen and oxygen atoms in total. The molecule has 6 heteroatoms. The summed E-state index contributed by atoms with van der Waals surface area (Å²) in [6.07, 6.45) is 2.82. The molecule has 2 atom stereocenters. The first-order valence-electron chi connectivity index (χ1n) is 15.5. The number of carbonyl (C=O) groups is 2. The molecule has 1 fully saturated rings. The number of hydrogen-bond donors (Lipinski definition) is 1. The number of hydrogen-bond acceptors (Lipinski definition) is 2. The minimum Gasteiger partial charge on any atom is -0.481 e. The number of carboxylic acids is 1. The number of rotatable bonds is 12. The van der Waals surface area contributed by atoms with Gasteiger partial charge >= 0.3 is 5.97 Å². The first-order chi connectivity index (χ1) is 21.2. The van der Waals surface area contributed by atoms with Crippen molar-refractivity contribution in [3.63, 3.8) is 0 Å². The third-order valence-electron chi connectivity index (χ3n) is 9.77. The molecule has 0 aliphatic heterocycles. The van der Waals surface area contributed by atoms with Crippen molar-refractivity contribution in [1.29, 1.82) is 0 Å². The van der Waals surface area contributed by atoms with Crippen LogP contribution in [0.2, 0.25) is 0 Å². The highest BCUT2D eigenvalue weighted by molar-refractivity contribution is 7.73. The van der Waals surface area contributed by atoms with Crippen LogP contribution in [-0.4, -0.2) is 47.3 Å². The molecule has 1 aliphatic rings.